The van der Waals surface area contributed by atoms with Gasteiger partial charge >= 0.3 is 0 Å². The topological polar surface area (TPSA) is 46.5 Å². The zero-order valence-electron chi connectivity index (χ0n) is 8.42. The van der Waals surface area contributed by atoms with Crippen molar-refractivity contribution in [2.24, 2.45) is 5.10 Å². The van der Waals surface area contributed by atoms with Crippen LogP contribution in [-0.2, 0) is 0 Å². The van der Waals surface area contributed by atoms with Crippen LogP contribution in [0.15, 0.2) is 53.9 Å². The molecule has 0 spiro atoms. The van der Waals surface area contributed by atoms with Crippen LogP contribution in [0.4, 0.5) is 5.69 Å². The van der Waals surface area contributed by atoms with Crippen LogP contribution < -0.4 is 10.2 Å². The van der Waals surface area contributed by atoms with Gasteiger partial charge in [0.25, 0.3) is 0 Å². The Kier molecular flexibility index (Phi) is 2.04. The van der Waals surface area contributed by atoms with Crippen molar-refractivity contribution in [3.63, 3.8) is 0 Å². The summed E-state index contributed by atoms with van der Waals surface area (Å²) < 4.78 is 5.67. The summed E-state index contributed by atoms with van der Waals surface area (Å²) in [4.78, 5) is 4.03. The second-order valence-corrected chi connectivity index (χ2v) is 3.37. The molecule has 1 aliphatic heterocycles. The second kappa shape index (κ2) is 3.66. The average Bonchev–Trinajstić information content (AvgIpc) is 2.39. The lowest BCUT2D eigenvalue weighted by Crippen LogP contribution is -2.17. The van der Waals surface area contributed by atoms with E-state index in [4.69, 9.17) is 4.74 Å². The number of aromatic nitrogens is 1. The Bertz CT molecular complexity index is 537. The monoisotopic (exact) mass is 211 g/mol. The predicted molar refractivity (Wildman–Crippen MR) is 61.5 cm³/mol. The predicted octanol–water partition coefficient (Wildman–Crippen LogP) is 2.25. The number of pyridine rings is 1. The smallest absolute Gasteiger partial charge is 0.245 e. The van der Waals surface area contributed by atoms with E-state index in [1.165, 1.54) is 0 Å². The van der Waals surface area contributed by atoms with E-state index in [0.29, 0.717) is 5.90 Å². The van der Waals surface area contributed by atoms with Gasteiger partial charge in [0.05, 0.1) is 11.3 Å². The molecule has 1 aromatic carbocycles. The minimum Gasteiger partial charge on any atom is -0.435 e. The number of rotatable bonds is 1. The summed E-state index contributed by atoms with van der Waals surface area (Å²) >= 11 is 0. The highest BCUT2D eigenvalue weighted by Crippen LogP contribution is 2.27. The first-order valence-corrected chi connectivity index (χ1v) is 4.94. The largest absolute Gasteiger partial charge is 0.435 e. The Labute approximate surface area is 92.6 Å². The molecule has 0 amide bonds. The summed E-state index contributed by atoms with van der Waals surface area (Å²) in [7, 11) is 0. The van der Waals surface area contributed by atoms with Gasteiger partial charge in [-0.15, -0.1) is 5.10 Å². The molecule has 2 heterocycles. The van der Waals surface area contributed by atoms with Gasteiger partial charge in [-0.25, -0.2) is 0 Å². The van der Waals surface area contributed by atoms with E-state index in [2.05, 4.69) is 15.5 Å². The first-order chi connectivity index (χ1) is 7.93. The maximum absolute atomic E-state index is 5.67. The minimum atomic E-state index is 0.534. The van der Waals surface area contributed by atoms with Crippen LogP contribution in [0, 0.1) is 0 Å². The van der Waals surface area contributed by atoms with Crippen LogP contribution in [0.2, 0.25) is 0 Å². The Morgan fingerprint density at radius 2 is 2.00 bits per heavy atom. The first-order valence-electron chi connectivity index (χ1n) is 4.94. The van der Waals surface area contributed by atoms with Gasteiger partial charge in [-0.2, -0.15) is 0 Å². The van der Waals surface area contributed by atoms with E-state index in [9.17, 15) is 0 Å². The summed E-state index contributed by atoms with van der Waals surface area (Å²) in [6.07, 6.45) is 3.43. The lowest BCUT2D eigenvalue weighted by molar-refractivity contribution is 0.544. The Morgan fingerprint density at radius 1 is 1.06 bits per heavy atom. The van der Waals surface area contributed by atoms with E-state index in [1.54, 1.807) is 12.4 Å². The number of nitrogens with zero attached hydrogens (tertiary/aromatic N) is 2. The third kappa shape index (κ3) is 1.50. The lowest BCUT2D eigenvalue weighted by Gasteiger charge is -2.17. The number of ether oxygens (including phenoxy) is 1. The van der Waals surface area contributed by atoms with E-state index in [1.807, 2.05) is 36.4 Å². The van der Waals surface area contributed by atoms with Gasteiger partial charge in [-0.1, -0.05) is 12.1 Å². The first kappa shape index (κ1) is 8.91. The zero-order chi connectivity index (χ0) is 10.8. The summed E-state index contributed by atoms with van der Waals surface area (Å²) in [6, 6.07) is 11.4. The molecule has 0 bridgehead atoms. The molecule has 0 atom stereocenters. The van der Waals surface area contributed by atoms with Crippen LogP contribution in [0.3, 0.4) is 0 Å². The van der Waals surface area contributed by atoms with Crippen molar-refractivity contribution in [2.75, 3.05) is 5.43 Å². The summed E-state index contributed by atoms with van der Waals surface area (Å²) in [5, 5.41) is 4.15. The van der Waals surface area contributed by atoms with E-state index >= 15 is 0 Å². The molecule has 78 valence electrons. The molecule has 0 radical (unpaired) electrons. The Morgan fingerprint density at radius 3 is 2.88 bits per heavy atom. The number of anilines is 1. The molecule has 4 nitrogen and oxygen atoms in total. The molecule has 2 aromatic rings. The van der Waals surface area contributed by atoms with Gasteiger partial charge in [0.15, 0.2) is 5.75 Å². The fourth-order valence-electron chi connectivity index (χ4n) is 1.50. The lowest BCUT2D eigenvalue weighted by atomic mass is 10.2. The molecule has 3 rings (SSSR count). The van der Waals surface area contributed by atoms with Crippen molar-refractivity contribution in [1.82, 2.24) is 4.98 Å². The van der Waals surface area contributed by atoms with Crippen molar-refractivity contribution in [2.45, 2.75) is 0 Å². The molecule has 0 aliphatic carbocycles. The maximum Gasteiger partial charge on any atom is 0.245 e. The molecule has 1 aliphatic rings. The highest BCUT2D eigenvalue weighted by molar-refractivity contribution is 5.97. The number of fused-ring (bicyclic) bond motifs is 1. The van der Waals surface area contributed by atoms with Crippen molar-refractivity contribution in [3.05, 3.63) is 54.4 Å². The van der Waals surface area contributed by atoms with Gasteiger partial charge in [-0.05, 0) is 24.3 Å². The van der Waals surface area contributed by atoms with Gasteiger partial charge < -0.3 is 4.74 Å². The Hall–Kier alpha value is -2.36. The van der Waals surface area contributed by atoms with E-state index in [0.717, 1.165) is 17.0 Å². The van der Waals surface area contributed by atoms with Crippen LogP contribution in [0.1, 0.15) is 5.56 Å². The highest BCUT2D eigenvalue weighted by atomic mass is 16.5. The maximum atomic E-state index is 5.67. The number of hydrazone groups is 1. The number of benzene rings is 1. The van der Waals surface area contributed by atoms with Crippen LogP contribution >= 0.6 is 0 Å². The number of hydrogen-bond acceptors (Lipinski definition) is 4. The summed E-state index contributed by atoms with van der Waals surface area (Å²) in [5.74, 6) is 1.31. The van der Waals surface area contributed by atoms with Gasteiger partial charge in [0, 0.05) is 12.4 Å². The van der Waals surface area contributed by atoms with E-state index in [-0.39, 0.29) is 0 Å². The summed E-state index contributed by atoms with van der Waals surface area (Å²) in [6.45, 7) is 0. The average molecular weight is 211 g/mol. The molecule has 0 unspecified atom stereocenters. The zero-order valence-corrected chi connectivity index (χ0v) is 8.42. The molecule has 0 fully saturated rings. The fraction of sp³-hybridized carbons (Fsp3) is 0. The molecule has 1 aromatic heterocycles. The van der Waals surface area contributed by atoms with E-state index < -0.39 is 0 Å². The number of para-hydroxylation sites is 2. The molecule has 0 saturated heterocycles. The Balaban J connectivity index is 1.95. The van der Waals surface area contributed by atoms with Gasteiger partial charge in [-0.3, -0.25) is 10.4 Å². The standard InChI is InChI=1S/C12H9N3O/c1-2-6-11-10(5-1)14-15-12(16-11)9-4-3-7-13-8-9/h1-8,14H. The normalized spacial score (nSPS) is 13.1. The quantitative estimate of drug-likeness (QED) is 0.786. The fourth-order valence-corrected chi connectivity index (χ4v) is 1.50. The third-order valence-corrected chi connectivity index (χ3v) is 2.28. The van der Waals surface area contributed by atoms with Gasteiger partial charge in [0.2, 0.25) is 5.90 Å². The van der Waals surface area contributed by atoms with Crippen molar-refractivity contribution >= 4 is 11.6 Å². The van der Waals surface area contributed by atoms with Crippen LogP contribution in [-0.4, -0.2) is 10.9 Å². The summed E-state index contributed by atoms with van der Waals surface area (Å²) in [5.41, 5.74) is 4.67. The highest BCUT2D eigenvalue weighted by Gasteiger charge is 2.14. The van der Waals surface area contributed by atoms with Crippen molar-refractivity contribution < 1.29 is 4.74 Å². The number of nitrogens with one attached hydrogen (secondary N) is 1. The number of hydrogen-bond donors (Lipinski definition) is 1. The van der Waals surface area contributed by atoms with Crippen molar-refractivity contribution in [3.8, 4) is 5.75 Å². The molecule has 4 heteroatoms. The van der Waals surface area contributed by atoms with Crippen molar-refractivity contribution in [1.29, 1.82) is 0 Å². The van der Waals surface area contributed by atoms with Crippen LogP contribution in [0.25, 0.3) is 0 Å². The second-order valence-electron chi connectivity index (χ2n) is 3.37. The third-order valence-electron chi connectivity index (χ3n) is 2.28. The molecule has 1 N–H and O–H groups in total. The SMILES string of the molecule is c1cncc(C2=NNc3ccccc3O2)c1. The molecule has 16 heavy (non-hydrogen) atoms. The molecular formula is C12H9N3O. The molecular weight excluding hydrogens is 202 g/mol. The van der Waals surface area contributed by atoms with Crippen LogP contribution in [0.5, 0.6) is 5.75 Å². The van der Waals surface area contributed by atoms with Gasteiger partial charge in [0.1, 0.15) is 0 Å². The molecule has 0 saturated carbocycles. The minimum absolute atomic E-state index is 0.534.